The molecule has 1 fully saturated rings. The molecule has 0 radical (unpaired) electrons. The van der Waals surface area contributed by atoms with E-state index in [1.165, 1.54) is 0 Å². The highest BCUT2D eigenvalue weighted by atomic mass is 16.3. The van der Waals surface area contributed by atoms with Crippen LogP contribution in [0.3, 0.4) is 0 Å². The largest absolute Gasteiger partial charge is 0.392 e. The molecule has 0 bridgehead atoms. The molecule has 1 aliphatic rings. The molecule has 1 unspecified atom stereocenters. The lowest BCUT2D eigenvalue weighted by atomic mass is 10.00. The number of nitrogens with one attached hydrogen (secondary N) is 2. The standard InChI is InChI=1S/C20H23N3O3/c21-19(25)17(23-20(26)18-11-16(24)12-22-18)10-13-6-8-15(9-7-13)14-4-2-1-3-5-14/h1-9,16-18,22,24H,10-12H2,(H2,21,25)(H,23,26)/t16-,17?,18+/m1/s1. The van der Waals surface area contributed by atoms with Crippen molar-refractivity contribution >= 4 is 11.8 Å². The molecule has 6 heteroatoms. The minimum Gasteiger partial charge on any atom is -0.392 e. The molecule has 0 spiro atoms. The van der Waals surface area contributed by atoms with E-state index in [0.717, 1.165) is 16.7 Å². The Morgan fingerprint density at radius 1 is 1.12 bits per heavy atom. The quantitative estimate of drug-likeness (QED) is 0.610. The molecule has 0 saturated carbocycles. The Bertz CT molecular complexity index is 762. The van der Waals surface area contributed by atoms with Crippen LogP contribution < -0.4 is 16.4 Å². The van der Waals surface area contributed by atoms with Crippen molar-refractivity contribution in [1.82, 2.24) is 10.6 Å². The molecule has 5 N–H and O–H groups in total. The van der Waals surface area contributed by atoms with Gasteiger partial charge in [-0.2, -0.15) is 0 Å². The zero-order valence-corrected chi connectivity index (χ0v) is 14.4. The van der Waals surface area contributed by atoms with Crippen molar-refractivity contribution < 1.29 is 14.7 Å². The third kappa shape index (κ3) is 4.47. The topological polar surface area (TPSA) is 104 Å². The zero-order valence-electron chi connectivity index (χ0n) is 14.4. The predicted octanol–water partition coefficient (Wildman–Crippen LogP) is 0.589. The summed E-state index contributed by atoms with van der Waals surface area (Å²) in [6.45, 7) is 0.375. The van der Waals surface area contributed by atoms with Gasteiger partial charge < -0.3 is 21.5 Å². The van der Waals surface area contributed by atoms with Crippen LogP contribution in [0.25, 0.3) is 11.1 Å². The molecule has 3 rings (SSSR count). The van der Waals surface area contributed by atoms with E-state index in [2.05, 4.69) is 10.6 Å². The second-order valence-electron chi connectivity index (χ2n) is 6.58. The molecule has 1 heterocycles. The van der Waals surface area contributed by atoms with Gasteiger partial charge in [0.25, 0.3) is 0 Å². The van der Waals surface area contributed by atoms with Crippen LogP contribution in [0.4, 0.5) is 0 Å². The first-order valence-electron chi connectivity index (χ1n) is 8.68. The Hall–Kier alpha value is -2.70. The lowest BCUT2D eigenvalue weighted by Crippen LogP contribution is -2.51. The fourth-order valence-electron chi connectivity index (χ4n) is 3.11. The van der Waals surface area contributed by atoms with Crippen LogP contribution >= 0.6 is 0 Å². The molecular weight excluding hydrogens is 330 g/mol. The first-order valence-corrected chi connectivity index (χ1v) is 8.68. The van der Waals surface area contributed by atoms with Crippen LogP contribution in [0, 0.1) is 0 Å². The molecule has 1 aliphatic heterocycles. The first-order chi connectivity index (χ1) is 12.5. The number of hydrogen-bond donors (Lipinski definition) is 4. The highest BCUT2D eigenvalue weighted by Gasteiger charge is 2.30. The predicted molar refractivity (Wildman–Crippen MR) is 99.1 cm³/mol. The molecule has 3 atom stereocenters. The second kappa shape index (κ2) is 8.12. The van der Waals surface area contributed by atoms with Crippen LogP contribution in [0.1, 0.15) is 12.0 Å². The minimum atomic E-state index is -0.787. The number of aliphatic hydroxyl groups is 1. The van der Waals surface area contributed by atoms with Crippen molar-refractivity contribution in [3.05, 3.63) is 60.2 Å². The normalized spacial score (nSPS) is 20.5. The SMILES string of the molecule is NC(=O)C(Cc1ccc(-c2ccccc2)cc1)NC(=O)[C@@H]1C[C@@H](O)CN1. The number of amides is 2. The van der Waals surface area contributed by atoms with Gasteiger partial charge in [-0.15, -0.1) is 0 Å². The van der Waals surface area contributed by atoms with Crippen molar-refractivity contribution in [2.24, 2.45) is 5.73 Å². The lowest BCUT2D eigenvalue weighted by Gasteiger charge is -2.18. The highest BCUT2D eigenvalue weighted by molar-refractivity contribution is 5.89. The molecule has 26 heavy (non-hydrogen) atoms. The van der Waals surface area contributed by atoms with E-state index in [1.807, 2.05) is 54.6 Å². The van der Waals surface area contributed by atoms with Crippen LogP contribution in [0.2, 0.25) is 0 Å². The number of carbonyl (C=O) groups is 2. The van der Waals surface area contributed by atoms with Gasteiger partial charge in [0, 0.05) is 13.0 Å². The number of aliphatic hydroxyl groups excluding tert-OH is 1. The van der Waals surface area contributed by atoms with Gasteiger partial charge in [-0.1, -0.05) is 54.6 Å². The van der Waals surface area contributed by atoms with Crippen LogP contribution in [0.5, 0.6) is 0 Å². The van der Waals surface area contributed by atoms with Gasteiger partial charge in [0.1, 0.15) is 6.04 Å². The Balaban J connectivity index is 1.64. The Morgan fingerprint density at radius 2 is 1.77 bits per heavy atom. The number of benzene rings is 2. The Labute approximate surface area is 152 Å². The first kappa shape index (κ1) is 18.1. The van der Waals surface area contributed by atoms with Crippen LogP contribution in [-0.4, -0.2) is 41.7 Å². The number of nitrogens with two attached hydrogens (primary N) is 1. The van der Waals surface area contributed by atoms with E-state index >= 15 is 0 Å². The van der Waals surface area contributed by atoms with E-state index in [-0.39, 0.29) is 5.91 Å². The van der Waals surface area contributed by atoms with E-state index in [9.17, 15) is 14.7 Å². The third-order valence-electron chi connectivity index (χ3n) is 4.58. The molecule has 6 nitrogen and oxygen atoms in total. The van der Waals surface area contributed by atoms with Gasteiger partial charge in [-0.25, -0.2) is 0 Å². The summed E-state index contributed by atoms with van der Waals surface area (Å²) in [6.07, 6.45) is 0.123. The Kier molecular flexibility index (Phi) is 5.65. The van der Waals surface area contributed by atoms with Gasteiger partial charge in [0.2, 0.25) is 11.8 Å². The van der Waals surface area contributed by atoms with E-state index in [0.29, 0.717) is 19.4 Å². The number of hydrogen-bond acceptors (Lipinski definition) is 4. The summed E-state index contributed by atoms with van der Waals surface area (Å²) in [5.74, 6) is -0.893. The van der Waals surface area contributed by atoms with Gasteiger partial charge in [-0.3, -0.25) is 9.59 Å². The summed E-state index contributed by atoms with van der Waals surface area (Å²) >= 11 is 0. The maximum atomic E-state index is 12.2. The molecule has 0 aromatic heterocycles. The smallest absolute Gasteiger partial charge is 0.240 e. The lowest BCUT2D eigenvalue weighted by molar-refractivity contribution is -0.128. The maximum Gasteiger partial charge on any atom is 0.240 e. The fraction of sp³-hybridized carbons (Fsp3) is 0.300. The van der Waals surface area contributed by atoms with Crippen molar-refractivity contribution in [3.8, 4) is 11.1 Å². The molecule has 2 aromatic carbocycles. The second-order valence-corrected chi connectivity index (χ2v) is 6.58. The third-order valence-corrected chi connectivity index (χ3v) is 4.58. The van der Waals surface area contributed by atoms with Crippen LogP contribution in [0.15, 0.2) is 54.6 Å². The van der Waals surface area contributed by atoms with Crippen molar-refractivity contribution in [3.63, 3.8) is 0 Å². The molecule has 136 valence electrons. The van der Waals surface area contributed by atoms with Crippen molar-refractivity contribution in [2.45, 2.75) is 31.0 Å². The molecule has 2 amide bonds. The number of primary amides is 1. The number of rotatable bonds is 6. The van der Waals surface area contributed by atoms with Gasteiger partial charge in [0.05, 0.1) is 12.1 Å². The van der Waals surface area contributed by atoms with Gasteiger partial charge in [0.15, 0.2) is 0 Å². The summed E-state index contributed by atoms with van der Waals surface area (Å²) in [7, 11) is 0. The van der Waals surface area contributed by atoms with Crippen LogP contribution in [-0.2, 0) is 16.0 Å². The summed E-state index contributed by atoms with van der Waals surface area (Å²) < 4.78 is 0. The number of carbonyl (C=O) groups excluding carboxylic acids is 2. The van der Waals surface area contributed by atoms with E-state index in [1.54, 1.807) is 0 Å². The number of β-amino-alcohol motifs (C(OH)–C–C–N with tert-alkyl or cyclic N) is 1. The molecule has 2 aromatic rings. The summed E-state index contributed by atoms with van der Waals surface area (Å²) in [6, 6.07) is 16.6. The summed E-state index contributed by atoms with van der Waals surface area (Å²) in [5.41, 5.74) is 8.56. The maximum absolute atomic E-state index is 12.2. The van der Waals surface area contributed by atoms with E-state index in [4.69, 9.17) is 5.73 Å². The highest BCUT2D eigenvalue weighted by Crippen LogP contribution is 2.19. The van der Waals surface area contributed by atoms with Gasteiger partial charge in [-0.05, 0) is 23.1 Å². The molecular formula is C20H23N3O3. The van der Waals surface area contributed by atoms with Crippen molar-refractivity contribution in [1.29, 1.82) is 0 Å². The Morgan fingerprint density at radius 3 is 2.35 bits per heavy atom. The average Bonchev–Trinajstić information content (AvgIpc) is 3.09. The summed E-state index contributed by atoms with van der Waals surface area (Å²) in [5, 5.41) is 15.1. The van der Waals surface area contributed by atoms with Crippen molar-refractivity contribution in [2.75, 3.05) is 6.54 Å². The molecule has 0 aliphatic carbocycles. The van der Waals surface area contributed by atoms with E-state index < -0.39 is 24.1 Å². The van der Waals surface area contributed by atoms with Gasteiger partial charge >= 0.3 is 0 Å². The summed E-state index contributed by atoms with van der Waals surface area (Å²) in [4.78, 5) is 24.0. The zero-order chi connectivity index (χ0) is 18.5. The average molecular weight is 353 g/mol. The molecule has 1 saturated heterocycles. The monoisotopic (exact) mass is 353 g/mol. The minimum absolute atomic E-state index is 0.314. The fourth-order valence-corrected chi connectivity index (χ4v) is 3.11.